The molecule has 0 aromatic rings. The highest BCUT2D eigenvalue weighted by Gasteiger charge is 2.45. The van der Waals surface area contributed by atoms with E-state index >= 15 is 0 Å². The van der Waals surface area contributed by atoms with Gasteiger partial charge in [0, 0.05) is 12.1 Å². The first-order valence-electron chi connectivity index (χ1n) is 5.03. The maximum atomic E-state index is 9.58. The molecule has 0 bridgehead atoms. The van der Waals surface area contributed by atoms with Crippen molar-refractivity contribution in [1.82, 2.24) is 5.32 Å². The SMILES string of the molecule is CC.CC(C)NC(C)C1(O)CC1. The van der Waals surface area contributed by atoms with E-state index in [1.807, 2.05) is 20.8 Å². The summed E-state index contributed by atoms with van der Waals surface area (Å²) in [5.41, 5.74) is -0.371. The van der Waals surface area contributed by atoms with Crippen LogP contribution in [0.1, 0.15) is 47.5 Å². The van der Waals surface area contributed by atoms with Gasteiger partial charge in [0.2, 0.25) is 0 Å². The highest BCUT2D eigenvalue weighted by Crippen LogP contribution is 2.38. The largest absolute Gasteiger partial charge is 0.388 e. The van der Waals surface area contributed by atoms with Crippen LogP contribution in [-0.4, -0.2) is 22.8 Å². The third-order valence-corrected chi connectivity index (χ3v) is 2.15. The Hall–Kier alpha value is -0.0800. The molecular formula is C10H23NO. The van der Waals surface area contributed by atoms with Crippen LogP contribution in [0.5, 0.6) is 0 Å². The molecule has 0 aliphatic heterocycles. The average Bonchev–Trinajstić information content (AvgIpc) is 2.72. The molecule has 2 heteroatoms. The van der Waals surface area contributed by atoms with Gasteiger partial charge in [0.05, 0.1) is 5.60 Å². The van der Waals surface area contributed by atoms with Crippen molar-refractivity contribution in [2.45, 2.75) is 65.1 Å². The van der Waals surface area contributed by atoms with Crippen molar-refractivity contribution < 1.29 is 5.11 Å². The van der Waals surface area contributed by atoms with Crippen LogP contribution in [0.25, 0.3) is 0 Å². The molecule has 1 saturated carbocycles. The van der Waals surface area contributed by atoms with E-state index in [9.17, 15) is 5.11 Å². The van der Waals surface area contributed by atoms with Crippen molar-refractivity contribution in [1.29, 1.82) is 0 Å². The third-order valence-electron chi connectivity index (χ3n) is 2.15. The van der Waals surface area contributed by atoms with Crippen LogP contribution >= 0.6 is 0 Å². The van der Waals surface area contributed by atoms with E-state index in [-0.39, 0.29) is 11.6 Å². The number of hydrogen-bond acceptors (Lipinski definition) is 2. The van der Waals surface area contributed by atoms with Crippen LogP contribution in [0.15, 0.2) is 0 Å². The van der Waals surface area contributed by atoms with Gasteiger partial charge in [-0.1, -0.05) is 27.7 Å². The van der Waals surface area contributed by atoms with E-state index in [1.54, 1.807) is 0 Å². The summed E-state index contributed by atoms with van der Waals surface area (Å²) in [4.78, 5) is 0. The lowest BCUT2D eigenvalue weighted by Crippen LogP contribution is -2.42. The quantitative estimate of drug-likeness (QED) is 0.683. The zero-order valence-electron chi connectivity index (χ0n) is 9.02. The molecule has 74 valence electrons. The molecule has 0 heterocycles. The monoisotopic (exact) mass is 173 g/mol. The van der Waals surface area contributed by atoms with Crippen molar-refractivity contribution in [2.75, 3.05) is 0 Å². The molecule has 1 atom stereocenters. The van der Waals surface area contributed by atoms with Gasteiger partial charge in [0.15, 0.2) is 0 Å². The van der Waals surface area contributed by atoms with Crippen LogP contribution in [-0.2, 0) is 0 Å². The molecular weight excluding hydrogens is 150 g/mol. The second-order valence-electron chi connectivity index (χ2n) is 3.65. The Labute approximate surface area is 76.4 Å². The summed E-state index contributed by atoms with van der Waals surface area (Å²) >= 11 is 0. The zero-order valence-corrected chi connectivity index (χ0v) is 9.02. The summed E-state index contributed by atoms with van der Waals surface area (Å²) in [6.07, 6.45) is 1.93. The molecule has 1 rings (SSSR count). The minimum Gasteiger partial charge on any atom is -0.388 e. The fraction of sp³-hybridized carbons (Fsp3) is 1.00. The molecule has 0 aromatic carbocycles. The van der Waals surface area contributed by atoms with Crippen LogP contribution in [0, 0.1) is 0 Å². The smallest absolute Gasteiger partial charge is 0.0799 e. The standard InChI is InChI=1S/C8H17NO.C2H6/c1-6(2)9-7(3)8(10)4-5-8;1-2/h6-7,9-10H,4-5H2,1-3H3;1-2H3. The van der Waals surface area contributed by atoms with Gasteiger partial charge in [-0.25, -0.2) is 0 Å². The minimum absolute atomic E-state index is 0.257. The van der Waals surface area contributed by atoms with Gasteiger partial charge in [-0.2, -0.15) is 0 Å². The molecule has 0 aromatic heterocycles. The second-order valence-corrected chi connectivity index (χ2v) is 3.65. The molecule has 0 spiro atoms. The van der Waals surface area contributed by atoms with Gasteiger partial charge in [0.1, 0.15) is 0 Å². The Kier molecular flexibility index (Phi) is 4.80. The summed E-state index contributed by atoms with van der Waals surface area (Å²) in [7, 11) is 0. The maximum absolute atomic E-state index is 9.58. The van der Waals surface area contributed by atoms with Gasteiger partial charge >= 0.3 is 0 Å². The number of nitrogens with one attached hydrogen (secondary N) is 1. The molecule has 1 fully saturated rings. The van der Waals surface area contributed by atoms with Crippen LogP contribution in [0.2, 0.25) is 0 Å². The third kappa shape index (κ3) is 3.55. The van der Waals surface area contributed by atoms with Crippen molar-refractivity contribution in [2.24, 2.45) is 0 Å². The number of aliphatic hydroxyl groups is 1. The van der Waals surface area contributed by atoms with Crippen molar-refractivity contribution >= 4 is 0 Å². The molecule has 1 aliphatic carbocycles. The second kappa shape index (κ2) is 4.83. The van der Waals surface area contributed by atoms with Crippen LogP contribution in [0.4, 0.5) is 0 Å². The Bertz CT molecular complexity index is 119. The lowest BCUT2D eigenvalue weighted by atomic mass is 10.1. The summed E-state index contributed by atoms with van der Waals surface area (Å²) in [5, 5.41) is 12.9. The Morgan fingerprint density at radius 2 is 1.58 bits per heavy atom. The van der Waals surface area contributed by atoms with Crippen LogP contribution < -0.4 is 5.32 Å². The van der Waals surface area contributed by atoms with E-state index in [0.29, 0.717) is 6.04 Å². The highest BCUT2D eigenvalue weighted by molar-refractivity contribution is 5.01. The fourth-order valence-corrected chi connectivity index (χ4v) is 1.22. The van der Waals surface area contributed by atoms with Crippen LogP contribution in [0.3, 0.4) is 0 Å². The summed E-state index contributed by atoms with van der Waals surface area (Å²) in [6, 6.07) is 0.729. The number of rotatable bonds is 3. The van der Waals surface area contributed by atoms with Gasteiger partial charge < -0.3 is 10.4 Å². The summed E-state index contributed by atoms with van der Waals surface area (Å²) in [6.45, 7) is 10.2. The average molecular weight is 173 g/mol. The first-order chi connectivity index (χ1) is 5.54. The van der Waals surface area contributed by atoms with E-state index in [1.165, 1.54) is 0 Å². The predicted molar refractivity (Wildman–Crippen MR) is 53.3 cm³/mol. The predicted octanol–water partition coefficient (Wildman–Crippen LogP) is 1.92. The topological polar surface area (TPSA) is 32.3 Å². The molecule has 12 heavy (non-hydrogen) atoms. The Morgan fingerprint density at radius 3 is 1.83 bits per heavy atom. The maximum Gasteiger partial charge on any atom is 0.0799 e. The molecule has 1 aliphatic rings. The number of hydrogen-bond donors (Lipinski definition) is 2. The normalized spacial score (nSPS) is 21.2. The van der Waals surface area contributed by atoms with Gasteiger partial charge in [0.25, 0.3) is 0 Å². The first-order valence-corrected chi connectivity index (χ1v) is 5.03. The first kappa shape index (κ1) is 11.9. The lowest BCUT2D eigenvalue weighted by Gasteiger charge is -2.21. The van der Waals surface area contributed by atoms with Gasteiger partial charge in [-0.15, -0.1) is 0 Å². The van der Waals surface area contributed by atoms with Gasteiger partial charge in [-0.3, -0.25) is 0 Å². The van der Waals surface area contributed by atoms with Gasteiger partial charge in [-0.05, 0) is 19.8 Å². The Morgan fingerprint density at radius 1 is 1.17 bits per heavy atom. The van der Waals surface area contributed by atoms with E-state index in [0.717, 1.165) is 12.8 Å². The molecule has 2 N–H and O–H groups in total. The Balaban J connectivity index is 0.000000561. The van der Waals surface area contributed by atoms with E-state index in [2.05, 4.69) is 19.2 Å². The van der Waals surface area contributed by atoms with Crippen molar-refractivity contribution in [3.63, 3.8) is 0 Å². The minimum atomic E-state index is -0.371. The zero-order chi connectivity index (χ0) is 9.78. The molecule has 0 radical (unpaired) electrons. The highest BCUT2D eigenvalue weighted by atomic mass is 16.3. The van der Waals surface area contributed by atoms with Crippen molar-refractivity contribution in [3.05, 3.63) is 0 Å². The lowest BCUT2D eigenvalue weighted by molar-refractivity contribution is 0.106. The van der Waals surface area contributed by atoms with E-state index in [4.69, 9.17) is 0 Å². The summed E-state index contributed by atoms with van der Waals surface area (Å²) < 4.78 is 0. The molecule has 1 unspecified atom stereocenters. The molecule has 0 saturated heterocycles. The van der Waals surface area contributed by atoms with Crippen molar-refractivity contribution in [3.8, 4) is 0 Å². The fourth-order valence-electron chi connectivity index (χ4n) is 1.22. The van der Waals surface area contributed by atoms with E-state index < -0.39 is 0 Å². The molecule has 2 nitrogen and oxygen atoms in total. The summed E-state index contributed by atoms with van der Waals surface area (Å²) in [5.74, 6) is 0. The molecule has 0 amide bonds.